The average Bonchev–Trinajstić information content (AvgIpc) is 3.51. The van der Waals surface area contributed by atoms with Crippen molar-refractivity contribution in [2.75, 3.05) is 26.2 Å². The number of carbonyl (C=O) groups is 2. The number of thiophene rings is 1. The molecule has 0 radical (unpaired) electrons. The first-order valence-electron chi connectivity index (χ1n) is 13.2. The van der Waals surface area contributed by atoms with Crippen LogP contribution in [0.25, 0.3) is 16.5 Å². The average molecular weight is 727 g/mol. The highest BCUT2D eigenvalue weighted by Crippen LogP contribution is 2.39. The predicted octanol–water partition coefficient (Wildman–Crippen LogP) is 4.20. The largest absolute Gasteiger partial charge is 0.350 e. The number of hydrogen-bond donors (Lipinski definition) is 1. The minimum Gasteiger partial charge on any atom is -0.350 e. The van der Waals surface area contributed by atoms with Crippen molar-refractivity contribution < 1.29 is 32.0 Å². The molecule has 14 heteroatoms. The van der Waals surface area contributed by atoms with Gasteiger partial charge in [0.05, 0.1) is 6.54 Å². The minimum atomic E-state index is -4.20. The van der Waals surface area contributed by atoms with E-state index in [0.29, 0.717) is 23.5 Å². The summed E-state index contributed by atoms with van der Waals surface area (Å²) in [6, 6.07) is 12.4. The predicted molar refractivity (Wildman–Crippen MR) is 163 cm³/mol. The number of hydroxylamine groups is 1. The van der Waals surface area contributed by atoms with Gasteiger partial charge in [-0.15, -0.1) is 11.3 Å². The summed E-state index contributed by atoms with van der Waals surface area (Å²) < 4.78 is 46.3. The van der Waals surface area contributed by atoms with Gasteiger partial charge in [0.25, 0.3) is 15.9 Å². The molecule has 5 rings (SSSR count). The summed E-state index contributed by atoms with van der Waals surface area (Å²) in [5.74, 6) is -1.51. The van der Waals surface area contributed by atoms with Crippen molar-refractivity contribution in [3.8, 4) is 10.4 Å². The first-order valence-corrected chi connectivity index (χ1v) is 16.5. The number of aromatic nitrogens is 1. The molecule has 2 saturated heterocycles. The van der Waals surface area contributed by atoms with Gasteiger partial charge in [0.2, 0.25) is 5.91 Å². The topological polar surface area (TPSA) is 118 Å². The van der Waals surface area contributed by atoms with Crippen LogP contribution in [0.4, 0.5) is 4.39 Å². The second kappa shape index (κ2) is 13.3. The number of sulfonamides is 1. The van der Waals surface area contributed by atoms with E-state index in [0.717, 1.165) is 34.0 Å². The van der Waals surface area contributed by atoms with Crippen LogP contribution in [0, 0.1) is 5.82 Å². The van der Waals surface area contributed by atoms with Crippen LogP contribution in [0.3, 0.4) is 0 Å². The molecule has 2 aliphatic rings. The van der Waals surface area contributed by atoms with E-state index in [1.54, 1.807) is 71.4 Å². The number of alkyl halides is 1. The van der Waals surface area contributed by atoms with Crippen LogP contribution in [-0.4, -0.2) is 70.5 Å². The quantitative estimate of drug-likeness (QED) is 0.122. The Balaban J connectivity index is 1.40. The number of halogens is 2. The summed E-state index contributed by atoms with van der Waals surface area (Å²) in [5, 5.41) is 0. The molecule has 0 bridgehead atoms. The highest BCUT2D eigenvalue weighted by molar-refractivity contribution is 14.1. The molecule has 1 N–H and O–H groups in total. The molecule has 2 atom stereocenters. The lowest BCUT2D eigenvalue weighted by molar-refractivity contribution is -0.202. The van der Waals surface area contributed by atoms with E-state index in [4.69, 9.17) is 9.57 Å². The molecule has 2 aliphatic heterocycles. The van der Waals surface area contributed by atoms with Gasteiger partial charge >= 0.3 is 0 Å². The monoisotopic (exact) mass is 726 g/mol. The van der Waals surface area contributed by atoms with Gasteiger partial charge in [-0.1, -0.05) is 18.2 Å². The van der Waals surface area contributed by atoms with Gasteiger partial charge < -0.3 is 9.64 Å². The van der Waals surface area contributed by atoms with Crippen molar-refractivity contribution in [3.05, 3.63) is 78.4 Å². The van der Waals surface area contributed by atoms with Gasteiger partial charge in [-0.3, -0.25) is 14.6 Å². The standard InChI is InChI=1S/C28H28FIN4O6S2/c29-22-9-7-21(8-10-22)23-11-13-26(41-23)42(37,38)34-16-15-33(24(35)12-6-20-4-3-14-31-18-20)19-28(34,30)27(36)32-40-25-5-1-2-17-39-25/h3-4,6-14,18,25H,1-2,5,15-17,19H2,(H,32,36)/t25?,28-/m0/s1. The molecule has 2 amide bonds. The maximum Gasteiger partial charge on any atom is 0.277 e. The van der Waals surface area contributed by atoms with Crippen molar-refractivity contribution >= 4 is 61.8 Å². The number of ether oxygens (including phenoxy) is 1. The molecular formula is C28H28FIN4O6S2. The Morgan fingerprint density at radius 2 is 1.98 bits per heavy atom. The van der Waals surface area contributed by atoms with Crippen LogP contribution in [0.5, 0.6) is 0 Å². The molecule has 2 fully saturated rings. The number of nitrogens with one attached hydrogen (secondary N) is 1. The molecule has 4 heterocycles. The van der Waals surface area contributed by atoms with Gasteiger partial charge in [0.1, 0.15) is 10.0 Å². The molecule has 42 heavy (non-hydrogen) atoms. The number of rotatable bonds is 8. The third-order valence-electron chi connectivity index (χ3n) is 6.81. The number of hydrogen-bond acceptors (Lipinski definition) is 8. The molecule has 1 aromatic carbocycles. The first-order chi connectivity index (χ1) is 20.2. The van der Waals surface area contributed by atoms with E-state index < -0.39 is 31.6 Å². The lowest BCUT2D eigenvalue weighted by Crippen LogP contribution is -2.67. The molecule has 0 saturated carbocycles. The summed E-state index contributed by atoms with van der Waals surface area (Å²) in [4.78, 5) is 38.4. The molecule has 10 nitrogen and oxygen atoms in total. The molecule has 1 unspecified atom stereocenters. The van der Waals surface area contributed by atoms with Crippen LogP contribution in [0.15, 0.2) is 71.2 Å². The minimum absolute atomic E-state index is 0.0171. The number of carbonyl (C=O) groups excluding carboxylic acids is 2. The Morgan fingerprint density at radius 3 is 2.69 bits per heavy atom. The normalized spacial score (nSPS) is 21.9. The van der Waals surface area contributed by atoms with Crippen molar-refractivity contribution in [3.63, 3.8) is 0 Å². The van der Waals surface area contributed by atoms with E-state index in [1.165, 1.54) is 29.2 Å². The van der Waals surface area contributed by atoms with Crippen LogP contribution in [-0.2, 0) is 29.2 Å². The van der Waals surface area contributed by atoms with Crippen LogP contribution >= 0.6 is 33.9 Å². The van der Waals surface area contributed by atoms with Crippen molar-refractivity contribution in [2.45, 2.75) is 33.3 Å². The van der Waals surface area contributed by atoms with Gasteiger partial charge in [-0.05, 0) is 83.0 Å². The molecule has 222 valence electrons. The van der Waals surface area contributed by atoms with Crippen LogP contribution in [0.1, 0.15) is 24.8 Å². The smallest absolute Gasteiger partial charge is 0.277 e. The fraction of sp³-hybridized carbons (Fsp3) is 0.321. The summed E-state index contributed by atoms with van der Waals surface area (Å²) in [6.45, 7) is 0.210. The fourth-order valence-electron chi connectivity index (χ4n) is 4.57. The second-order valence-corrected chi connectivity index (χ2v) is 14.6. The van der Waals surface area contributed by atoms with E-state index >= 15 is 0 Å². The van der Waals surface area contributed by atoms with Gasteiger partial charge in [-0.2, -0.15) is 4.31 Å². The maximum absolute atomic E-state index is 14.0. The zero-order valence-corrected chi connectivity index (χ0v) is 26.1. The van der Waals surface area contributed by atoms with E-state index in [-0.39, 0.29) is 29.8 Å². The summed E-state index contributed by atoms with van der Waals surface area (Å²) >= 11 is 2.80. The summed E-state index contributed by atoms with van der Waals surface area (Å²) in [6.07, 6.45) is 7.91. The van der Waals surface area contributed by atoms with E-state index in [2.05, 4.69) is 10.5 Å². The lowest BCUT2D eigenvalue weighted by atomic mass is 10.2. The van der Waals surface area contributed by atoms with Crippen LogP contribution in [0.2, 0.25) is 0 Å². The molecule has 3 aromatic rings. The Labute approximate surface area is 260 Å². The zero-order valence-electron chi connectivity index (χ0n) is 22.3. The molecular weight excluding hydrogens is 698 g/mol. The number of piperazine rings is 1. The number of amides is 2. The molecule has 2 aromatic heterocycles. The Bertz CT molecular complexity index is 1550. The highest BCUT2D eigenvalue weighted by Gasteiger charge is 2.53. The number of benzene rings is 1. The van der Waals surface area contributed by atoms with E-state index in [9.17, 15) is 22.4 Å². The Hall–Kier alpha value is -2.76. The highest BCUT2D eigenvalue weighted by atomic mass is 127. The van der Waals surface area contributed by atoms with Crippen molar-refractivity contribution in [1.29, 1.82) is 0 Å². The number of pyridine rings is 1. The summed E-state index contributed by atoms with van der Waals surface area (Å²) in [5.41, 5.74) is 3.78. The Morgan fingerprint density at radius 1 is 1.17 bits per heavy atom. The SMILES string of the molecule is O=C(C=Cc1cccnc1)N1CCN(S(=O)(=O)c2ccc(-c3ccc(F)cc3)s2)[C@](I)(C(=O)NOC2CCCCO2)C1. The fourth-order valence-corrected chi connectivity index (χ4v) is 9.11. The summed E-state index contributed by atoms with van der Waals surface area (Å²) in [7, 11) is -4.20. The molecule has 0 spiro atoms. The van der Waals surface area contributed by atoms with Gasteiger partial charge in [0.15, 0.2) is 9.84 Å². The second-order valence-electron chi connectivity index (χ2n) is 9.69. The number of nitrogens with zero attached hydrogens (tertiary/aromatic N) is 3. The third-order valence-corrected chi connectivity index (χ3v) is 12.1. The van der Waals surface area contributed by atoms with Gasteiger partial charge in [-0.25, -0.2) is 23.1 Å². The maximum atomic E-state index is 14.0. The Kier molecular flexibility index (Phi) is 9.69. The third kappa shape index (κ3) is 6.89. The lowest BCUT2D eigenvalue weighted by Gasteiger charge is -2.44. The van der Waals surface area contributed by atoms with Gasteiger partial charge in [0, 0.05) is 49.5 Å². The van der Waals surface area contributed by atoms with E-state index in [1.807, 2.05) is 0 Å². The van der Waals surface area contributed by atoms with Crippen molar-refractivity contribution in [1.82, 2.24) is 19.7 Å². The molecule has 0 aliphatic carbocycles. The van der Waals surface area contributed by atoms with Crippen molar-refractivity contribution in [2.24, 2.45) is 0 Å². The zero-order chi connectivity index (χ0) is 29.7. The first kappa shape index (κ1) is 30.7. The van der Waals surface area contributed by atoms with Crippen LogP contribution < -0.4 is 5.48 Å².